The Morgan fingerprint density at radius 1 is 0.481 bits per heavy atom. The van der Waals surface area contributed by atoms with Gasteiger partial charge in [-0.15, -0.1) is 0 Å². The molecule has 7 aromatic carbocycles. The lowest BCUT2D eigenvalue weighted by Crippen LogP contribution is -2.25. The van der Waals surface area contributed by atoms with E-state index >= 15 is 0 Å². The minimum Gasteiger partial charge on any atom is -0.429 e. The minimum absolute atomic E-state index is 0.0165. The van der Waals surface area contributed by atoms with Crippen LogP contribution in [0.4, 0.5) is 48.3 Å². The number of allylic oxidation sites excluding steroid dienone is 2. The zero-order valence-corrected chi connectivity index (χ0v) is 45.1. The van der Waals surface area contributed by atoms with E-state index in [4.69, 9.17) is 0 Å². The largest absolute Gasteiger partial charge is 0.432 e. The zero-order valence-electron chi connectivity index (χ0n) is 45.1. The van der Waals surface area contributed by atoms with Gasteiger partial charge in [0.2, 0.25) is 0 Å². The summed E-state index contributed by atoms with van der Waals surface area (Å²) in [7, 11) is 0. The quantitative estimate of drug-likeness (QED) is 0.0565. The lowest BCUT2D eigenvalue weighted by Gasteiger charge is -2.38. The number of hydrogen-bond donors (Lipinski definition) is 0. The van der Waals surface area contributed by atoms with E-state index in [-0.39, 0.29) is 28.8 Å². The topological polar surface area (TPSA) is 9.23 Å². The summed E-state index contributed by atoms with van der Waals surface area (Å²) < 4.78 is 156. The third-order valence-electron chi connectivity index (χ3n) is 15.3. The molecule has 0 aromatic heterocycles. The first kappa shape index (κ1) is 60.0. The van der Waals surface area contributed by atoms with Crippen LogP contribution in [0.15, 0.2) is 140 Å². The van der Waals surface area contributed by atoms with E-state index in [1.807, 2.05) is 13.0 Å². The molecule has 2 aliphatic rings. The summed E-state index contributed by atoms with van der Waals surface area (Å²) in [6.45, 7) is 8.46. The second-order valence-electron chi connectivity index (χ2n) is 20.9. The van der Waals surface area contributed by atoms with Gasteiger partial charge < -0.3 is 4.74 Å². The number of hydrogen-bond acceptors (Lipinski definition) is 1. The highest BCUT2D eigenvalue weighted by atomic mass is 19.3. The van der Waals surface area contributed by atoms with Crippen molar-refractivity contribution in [3.8, 4) is 39.1 Å². The molecule has 0 heterocycles. The molecule has 418 valence electrons. The van der Waals surface area contributed by atoms with E-state index in [1.54, 1.807) is 30.3 Å². The number of halogens is 11. The SMILES string of the molecule is C/C=C/CCc1ccc(-c2ccc(C)cc2)cc1.CCCC1CCC(C2CCC(c3ccc(-c4cc(F)c(F)c(F)c4)c(F)c3)CC2)CC1.CCCc1ccc(-c2cc(F)c(C(F)(F)Oc3cc(F)c(F)c(F)c3)c(F)c2)cc1. The van der Waals surface area contributed by atoms with Gasteiger partial charge in [0.15, 0.2) is 34.9 Å². The Labute approximate surface area is 457 Å². The van der Waals surface area contributed by atoms with Gasteiger partial charge in [-0.3, -0.25) is 0 Å². The highest BCUT2D eigenvalue weighted by Crippen LogP contribution is 2.45. The number of aryl methyl sites for hydroxylation is 3. The second kappa shape index (κ2) is 27.9. The highest BCUT2D eigenvalue weighted by Gasteiger charge is 2.42. The van der Waals surface area contributed by atoms with Crippen LogP contribution in [0.25, 0.3) is 33.4 Å². The summed E-state index contributed by atoms with van der Waals surface area (Å²) in [6.07, 6.45) is 16.4. The van der Waals surface area contributed by atoms with Crippen molar-refractivity contribution in [1.82, 2.24) is 0 Å². The molecule has 2 aliphatic carbocycles. The van der Waals surface area contributed by atoms with Gasteiger partial charge in [-0.25, -0.2) is 39.5 Å². The van der Waals surface area contributed by atoms with Crippen molar-refractivity contribution in [2.75, 3.05) is 0 Å². The monoisotopic (exact) mass is 1100 g/mol. The van der Waals surface area contributed by atoms with Gasteiger partial charge in [0.25, 0.3) is 0 Å². The average molecular weight is 1100 g/mol. The van der Waals surface area contributed by atoms with E-state index < -0.39 is 69.8 Å². The van der Waals surface area contributed by atoms with E-state index in [0.717, 1.165) is 79.5 Å². The molecule has 0 saturated heterocycles. The first-order chi connectivity index (χ1) is 37.9. The van der Waals surface area contributed by atoms with E-state index in [9.17, 15) is 48.3 Å². The van der Waals surface area contributed by atoms with Crippen molar-refractivity contribution >= 4 is 0 Å². The molecule has 0 amide bonds. The first-order valence-electron chi connectivity index (χ1n) is 27.4. The van der Waals surface area contributed by atoms with Crippen molar-refractivity contribution in [3.63, 3.8) is 0 Å². The molecular formula is C67H67F11O. The fourth-order valence-corrected chi connectivity index (χ4v) is 11.0. The Morgan fingerprint density at radius 2 is 0.949 bits per heavy atom. The molecule has 2 saturated carbocycles. The van der Waals surface area contributed by atoms with Crippen molar-refractivity contribution in [2.24, 2.45) is 17.8 Å². The van der Waals surface area contributed by atoms with E-state index in [0.29, 0.717) is 23.6 Å². The summed E-state index contributed by atoms with van der Waals surface area (Å²) in [5, 5.41) is 0. The van der Waals surface area contributed by atoms with Crippen LogP contribution in [0.2, 0.25) is 0 Å². The molecule has 2 fully saturated rings. The Hall–Kier alpha value is -6.69. The minimum atomic E-state index is -4.62. The number of alkyl halides is 2. The summed E-state index contributed by atoms with van der Waals surface area (Å²) in [4.78, 5) is 0. The van der Waals surface area contributed by atoms with Gasteiger partial charge in [0.05, 0.1) is 0 Å². The molecule has 0 unspecified atom stereocenters. The molecule has 0 radical (unpaired) electrons. The fourth-order valence-electron chi connectivity index (χ4n) is 11.0. The standard InChI is InChI=1S/C27H32F4.C22H15F7O.C18H20/c1-2-3-17-4-6-18(7-5-17)19-8-10-20(11-9-19)21-12-13-23(24(28)14-21)22-15-25(29)27(31)26(30)16-22;1-2-3-12-4-6-13(7-5-12)14-8-16(23)20(17(24)9-14)22(28,29)30-15-10-18(25)21(27)19(26)11-15;1-3-4-5-6-16-9-13-18(14-10-16)17-11-7-15(2)8-12-17/h12-20H,2-11H2,1H3;4-11H,2-3H2,1H3;3-4,7-14H,5-6H2,1-2H3/b;;4-3+. The van der Waals surface area contributed by atoms with Gasteiger partial charge in [-0.2, -0.15) is 8.78 Å². The van der Waals surface area contributed by atoms with Crippen LogP contribution in [-0.2, 0) is 19.0 Å². The molecule has 0 N–H and O–H groups in total. The van der Waals surface area contributed by atoms with Crippen LogP contribution >= 0.6 is 0 Å². The lowest BCUT2D eigenvalue weighted by molar-refractivity contribution is -0.189. The maximum absolute atomic E-state index is 14.8. The Bertz CT molecular complexity index is 3050. The van der Waals surface area contributed by atoms with Crippen LogP contribution in [-0.4, -0.2) is 0 Å². The summed E-state index contributed by atoms with van der Waals surface area (Å²) in [5.41, 5.74) is 6.07. The van der Waals surface area contributed by atoms with Crippen molar-refractivity contribution in [1.29, 1.82) is 0 Å². The number of ether oxygens (including phenoxy) is 1. The molecule has 0 bridgehead atoms. The highest BCUT2D eigenvalue weighted by molar-refractivity contribution is 5.66. The van der Waals surface area contributed by atoms with Crippen LogP contribution in [0, 0.1) is 77.0 Å². The van der Waals surface area contributed by atoms with E-state index in [1.165, 1.54) is 79.7 Å². The Balaban J connectivity index is 0.000000178. The molecule has 0 atom stereocenters. The number of rotatable bonds is 15. The van der Waals surface area contributed by atoms with Gasteiger partial charge >= 0.3 is 6.11 Å². The van der Waals surface area contributed by atoms with Crippen molar-refractivity contribution in [2.45, 2.75) is 130 Å². The summed E-state index contributed by atoms with van der Waals surface area (Å²) >= 11 is 0. The smallest absolute Gasteiger partial charge is 0.429 e. The first-order valence-corrected chi connectivity index (χ1v) is 27.4. The van der Waals surface area contributed by atoms with Gasteiger partial charge in [-0.05, 0) is 170 Å². The Kier molecular flexibility index (Phi) is 21.2. The van der Waals surface area contributed by atoms with Gasteiger partial charge in [0, 0.05) is 17.7 Å². The second-order valence-corrected chi connectivity index (χ2v) is 20.9. The van der Waals surface area contributed by atoms with Crippen LogP contribution in [0.1, 0.15) is 132 Å². The molecular weight excluding hydrogens is 1030 g/mol. The van der Waals surface area contributed by atoms with Gasteiger partial charge in [-0.1, -0.05) is 149 Å². The molecule has 0 aliphatic heterocycles. The molecule has 79 heavy (non-hydrogen) atoms. The molecule has 0 spiro atoms. The lowest BCUT2D eigenvalue weighted by atomic mass is 9.68. The molecule has 7 aromatic rings. The zero-order chi connectivity index (χ0) is 56.8. The van der Waals surface area contributed by atoms with E-state index in [2.05, 4.69) is 86.2 Å². The fraction of sp³-hybridized carbons (Fsp3) is 0.343. The Morgan fingerprint density at radius 3 is 1.44 bits per heavy atom. The van der Waals surface area contributed by atoms with Gasteiger partial charge in [0.1, 0.15) is 28.8 Å². The number of benzene rings is 7. The third kappa shape index (κ3) is 16.0. The van der Waals surface area contributed by atoms with Crippen LogP contribution in [0.5, 0.6) is 5.75 Å². The predicted molar refractivity (Wildman–Crippen MR) is 293 cm³/mol. The maximum Gasteiger partial charge on any atom is 0.432 e. The molecule has 12 heteroatoms. The molecule has 1 nitrogen and oxygen atoms in total. The average Bonchev–Trinajstić information content (AvgIpc) is 3.48. The van der Waals surface area contributed by atoms with Crippen molar-refractivity contribution in [3.05, 3.63) is 220 Å². The summed E-state index contributed by atoms with van der Waals surface area (Å²) in [6, 6.07) is 32.7. The predicted octanol–water partition coefficient (Wildman–Crippen LogP) is 21.1. The normalized spacial score (nSPS) is 17.4. The van der Waals surface area contributed by atoms with Crippen LogP contribution < -0.4 is 4.74 Å². The van der Waals surface area contributed by atoms with Crippen LogP contribution in [0.3, 0.4) is 0 Å². The van der Waals surface area contributed by atoms with Crippen molar-refractivity contribution < 1.29 is 53.0 Å². The third-order valence-corrected chi connectivity index (χ3v) is 15.3. The maximum atomic E-state index is 14.8. The summed E-state index contributed by atoms with van der Waals surface area (Å²) in [5.74, 6) is -11.6. The molecule has 9 rings (SSSR count).